The summed E-state index contributed by atoms with van der Waals surface area (Å²) in [5, 5.41) is 8.81. The number of hydrogen-bond acceptors (Lipinski definition) is 3. The number of piperidine rings is 1. The topological polar surface area (TPSA) is 83.6 Å². The second-order valence-corrected chi connectivity index (χ2v) is 3.75. The molecule has 0 aromatic heterocycles. The minimum absolute atomic E-state index is 0.157. The Morgan fingerprint density at radius 3 is 2.71 bits per heavy atom. The first-order valence-electron chi connectivity index (χ1n) is 4.79. The van der Waals surface area contributed by atoms with Crippen LogP contribution >= 0.6 is 0 Å². The molecule has 1 heterocycles. The van der Waals surface area contributed by atoms with Crippen molar-refractivity contribution in [3.05, 3.63) is 0 Å². The van der Waals surface area contributed by atoms with Crippen molar-refractivity contribution < 1.29 is 14.7 Å². The van der Waals surface area contributed by atoms with Gasteiger partial charge in [0.15, 0.2) is 0 Å². The van der Waals surface area contributed by atoms with Gasteiger partial charge in [-0.1, -0.05) is 0 Å². The van der Waals surface area contributed by atoms with Crippen LogP contribution in [0.2, 0.25) is 0 Å². The number of carboxylic acid groups (broad SMARTS) is 1. The first-order valence-corrected chi connectivity index (χ1v) is 4.79. The van der Waals surface area contributed by atoms with E-state index in [1.54, 1.807) is 11.8 Å². The van der Waals surface area contributed by atoms with Crippen LogP contribution in [0.5, 0.6) is 0 Å². The summed E-state index contributed by atoms with van der Waals surface area (Å²) in [7, 11) is 0. The van der Waals surface area contributed by atoms with E-state index in [-0.39, 0.29) is 5.91 Å². The molecule has 1 saturated heterocycles. The van der Waals surface area contributed by atoms with E-state index in [2.05, 4.69) is 0 Å². The monoisotopic (exact) mass is 200 g/mol. The Hall–Kier alpha value is -1.10. The van der Waals surface area contributed by atoms with Gasteiger partial charge in [-0.3, -0.25) is 9.59 Å². The third-order valence-electron chi connectivity index (χ3n) is 2.47. The summed E-state index contributed by atoms with van der Waals surface area (Å²) in [6, 6.07) is -0.539. The molecule has 1 unspecified atom stereocenters. The van der Waals surface area contributed by atoms with Gasteiger partial charge in [-0.05, 0) is 19.8 Å². The molecule has 80 valence electrons. The van der Waals surface area contributed by atoms with E-state index in [1.807, 2.05) is 0 Å². The fourth-order valence-electron chi connectivity index (χ4n) is 1.67. The van der Waals surface area contributed by atoms with Gasteiger partial charge < -0.3 is 15.7 Å². The molecule has 1 aliphatic rings. The highest BCUT2D eigenvalue weighted by Gasteiger charge is 2.28. The molecule has 0 bridgehead atoms. The first kappa shape index (κ1) is 11.0. The lowest BCUT2D eigenvalue weighted by Gasteiger charge is -2.31. The highest BCUT2D eigenvalue weighted by molar-refractivity contribution is 5.82. The average Bonchev–Trinajstić information content (AvgIpc) is 2.16. The van der Waals surface area contributed by atoms with Crippen LogP contribution in [-0.2, 0) is 9.59 Å². The Balaban J connectivity index is 2.56. The predicted molar refractivity (Wildman–Crippen MR) is 50.6 cm³/mol. The zero-order valence-electron chi connectivity index (χ0n) is 8.27. The Morgan fingerprint density at radius 2 is 2.21 bits per heavy atom. The smallest absolute Gasteiger partial charge is 0.308 e. The van der Waals surface area contributed by atoms with Crippen LogP contribution in [0.1, 0.15) is 19.8 Å². The van der Waals surface area contributed by atoms with Crippen LogP contribution in [0.4, 0.5) is 0 Å². The zero-order valence-corrected chi connectivity index (χ0v) is 8.27. The van der Waals surface area contributed by atoms with Gasteiger partial charge in [-0.2, -0.15) is 0 Å². The van der Waals surface area contributed by atoms with Crippen molar-refractivity contribution in [1.82, 2.24) is 4.90 Å². The molecule has 0 radical (unpaired) electrons. The summed E-state index contributed by atoms with van der Waals surface area (Å²) < 4.78 is 0. The van der Waals surface area contributed by atoms with Crippen LogP contribution in [0, 0.1) is 5.92 Å². The van der Waals surface area contributed by atoms with Crippen molar-refractivity contribution in [3.63, 3.8) is 0 Å². The minimum atomic E-state index is -0.827. The summed E-state index contributed by atoms with van der Waals surface area (Å²) in [5.74, 6) is -1.41. The number of nitrogens with two attached hydrogens (primary N) is 1. The number of carbonyl (C=O) groups is 2. The fourth-order valence-corrected chi connectivity index (χ4v) is 1.67. The van der Waals surface area contributed by atoms with Crippen molar-refractivity contribution in [2.24, 2.45) is 11.7 Å². The van der Waals surface area contributed by atoms with Crippen LogP contribution in [-0.4, -0.2) is 41.0 Å². The standard InChI is InChI=1S/C9H16N2O3/c1-6(10)8(12)11-4-2-3-7(5-11)9(13)14/h6-7H,2-5,10H2,1H3,(H,13,14)/t6-,7?/m0/s1. The van der Waals surface area contributed by atoms with Crippen LogP contribution < -0.4 is 5.73 Å². The number of amides is 1. The molecule has 0 aliphatic carbocycles. The normalized spacial score (nSPS) is 24.4. The van der Waals surface area contributed by atoms with Crippen molar-refractivity contribution >= 4 is 11.9 Å². The fraction of sp³-hybridized carbons (Fsp3) is 0.778. The van der Waals surface area contributed by atoms with Crippen LogP contribution in [0.3, 0.4) is 0 Å². The SMILES string of the molecule is C[C@H](N)C(=O)N1CCCC(C(=O)O)C1. The van der Waals surface area contributed by atoms with E-state index in [1.165, 1.54) is 0 Å². The maximum Gasteiger partial charge on any atom is 0.308 e. The summed E-state index contributed by atoms with van der Waals surface area (Å²) in [5.41, 5.74) is 5.45. The summed E-state index contributed by atoms with van der Waals surface area (Å²) in [6.07, 6.45) is 1.40. The van der Waals surface area contributed by atoms with E-state index >= 15 is 0 Å². The second kappa shape index (κ2) is 4.41. The highest BCUT2D eigenvalue weighted by atomic mass is 16.4. The lowest BCUT2D eigenvalue weighted by molar-refractivity contribution is -0.145. The third-order valence-corrected chi connectivity index (χ3v) is 2.47. The number of hydrogen-bond donors (Lipinski definition) is 2. The largest absolute Gasteiger partial charge is 0.481 e. The van der Waals surface area contributed by atoms with Gasteiger partial charge in [0.2, 0.25) is 5.91 Å². The molecule has 1 amide bonds. The van der Waals surface area contributed by atoms with Gasteiger partial charge >= 0.3 is 5.97 Å². The Bertz CT molecular complexity index is 240. The number of carboxylic acids is 1. The molecule has 3 N–H and O–H groups in total. The molecule has 0 spiro atoms. The van der Waals surface area contributed by atoms with E-state index in [0.717, 1.165) is 6.42 Å². The summed E-state index contributed by atoms with van der Waals surface area (Å²) in [4.78, 5) is 23.7. The van der Waals surface area contributed by atoms with E-state index < -0.39 is 17.9 Å². The van der Waals surface area contributed by atoms with Crippen LogP contribution in [0.15, 0.2) is 0 Å². The molecule has 1 fully saturated rings. The van der Waals surface area contributed by atoms with Crippen molar-refractivity contribution in [2.75, 3.05) is 13.1 Å². The van der Waals surface area contributed by atoms with Crippen molar-refractivity contribution in [2.45, 2.75) is 25.8 Å². The van der Waals surface area contributed by atoms with Gasteiger partial charge in [0.25, 0.3) is 0 Å². The molecule has 0 saturated carbocycles. The van der Waals surface area contributed by atoms with E-state index in [0.29, 0.717) is 19.5 Å². The van der Waals surface area contributed by atoms with Gasteiger partial charge in [0, 0.05) is 13.1 Å². The molecular formula is C9H16N2O3. The highest BCUT2D eigenvalue weighted by Crippen LogP contribution is 2.16. The maximum atomic E-state index is 11.5. The molecule has 5 nitrogen and oxygen atoms in total. The molecular weight excluding hydrogens is 184 g/mol. The lowest BCUT2D eigenvalue weighted by atomic mass is 9.98. The molecule has 1 rings (SSSR count). The summed E-state index contributed by atoms with van der Waals surface area (Å²) >= 11 is 0. The average molecular weight is 200 g/mol. The van der Waals surface area contributed by atoms with Gasteiger partial charge in [-0.25, -0.2) is 0 Å². The molecule has 5 heteroatoms. The quantitative estimate of drug-likeness (QED) is 0.638. The van der Waals surface area contributed by atoms with Gasteiger partial charge in [0.05, 0.1) is 12.0 Å². The van der Waals surface area contributed by atoms with Gasteiger partial charge in [0.1, 0.15) is 0 Å². The van der Waals surface area contributed by atoms with Gasteiger partial charge in [-0.15, -0.1) is 0 Å². The maximum absolute atomic E-state index is 11.5. The Labute approximate surface area is 82.9 Å². The third kappa shape index (κ3) is 2.45. The predicted octanol–water partition coefficient (Wildman–Crippen LogP) is -0.343. The molecule has 1 aliphatic heterocycles. The molecule has 2 atom stereocenters. The minimum Gasteiger partial charge on any atom is -0.481 e. The molecule has 0 aromatic carbocycles. The van der Waals surface area contributed by atoms with Crippen LogP contribution in [0.25, 0.3) is 0 Å². The van der Waals surface area contributed by atoms with Crippen molar-refractivity contribution in [3.8, 4) is 0 Å². The number of aliphatic carboxylic acids is 1. The summed E-state index contributed by atoms with van der Waals surface area (Å²) in [6.45, 7) is 2.55. The Morgan fingerprint density at radius 1 is 1.57 bits per heavy atom. The second-order valence-electron chi connectivity index (χ2n) is 3.75. The van der Waals surface area contributed by atoms with E-state index in [4.69, 9.17) is 10.8 Å². The first-order chi connectivity index (χ1) is 6.52. The number of rotatable bonds is 2. The molecule has 0 aromatic rings. The lowest BCUT2D eigenvalue weighted by Crippen LogP contribution is -2.48. The number of nitrogens with zero attached hydrogens (tertiary/aromatic N) is 1. The van der Waals surface area contributed by atoms with E-state index in [9.17, 15) is 9.59 Å². The zero-order chi connectivity index (χ0) is 10.7. The molecule has 14 heavy (non-hydrogen) atoms. The number of likely N-dealkylation sites (tertiary alicyclic amines) is 1. The number of carbonyl (C=O) groups excluding carboxylic acids is 1. The van der Waals surface area contributed by atoms with Crippen molar-refractivity contribution in [1.29, 1.82) is 0 Å². The Kier molecular flexibility index (Phi) is 3.46.